The summed E-state index contributed by atoms with van der Waals surface area (Å²) in [4.78, 5) is 46.1. The minimum atomic E-state index is -0.560. The summed E-state index contributed by atoms with van der Waals surface area (Å²) in [5.41, 5.74) is -0.0441. The number of carbonyl (C=O) groups is 2. The first kappa shape index (κ1) is 20.6. The molecule has 0 atom stereocenters. The summed E-state index contributed by atoms with van der Waals surface area (Å²) in [6.07, 6.45) is 1.27. The highest BCUT2D eigenvalue weighted by atomic mass is 35.5. The number of anilines is 2. The molecule has 2 amide bonds. The van der Waals surface area contributed by atoms with E-state index in [2.05, 4.69) is 9.97 Å². The Bertz CT molecular complexity index is 908. The third-order valence-corrected chi connectivity index (χ3v) is 4.66. The van der Waals surface area contributed by atoms with Crippen LogP contribution in [0.25, 0.3) is 0 Å². The van der Waals surface area contributed by atoms with E-state index < -0.39 is 16.7 Å². The lowest BCUT2D eigenvalue weighted by molar-refractivity contribution is -0.387. The highest BCUT2D eigenvalue weighted by Crippen LogP contribution is 2.42. The monoisotopic (exact) mass is 409 g/mol. The molecule has 2 aromatic rings. The number of hydrogen-bond acceptors (Lipinski definition) is 8. The van der Waals surface area contributed by atoms with Gasteiger partial charge in [0.15, 0.2) is 5.82 Å². The van der Waals surface area contributed by atoms with E-state index >= 15 is 0 Å². The van der Waals surface area contributed by atoms with Gasteiger partial charge in [-0.2, -0.15) is 0 Å². The van der Waals surface area contributed by atoms with E-state index in [1.807, 2.05) is 0 Å². The van der Waals surface area contributed by atoms with Crippen molar-refractivity contribution >= 4 is 52.4 Å². The highest BCUT2D eigenvalue weighted by Gasteiger charge is 2.28. The van der Waals surface area contributed by atoms with Crippen LogP contribution >= 0.6 is 23.4 Å². The molecule has 0 unspecified atom stereocenters. The lowest BCUT2D eigenvalue weighted by Gasteiger charge is -2.24. The summed E-state index contributed by atoms with van der Waals surface area (Å²) >= 11 is 6.80. The van der Waals surface area contributed by atoms with E-state index in [0.29, 0.717) is 5.82 Å². The summed E-state index contributed by atoms with van der Waals surface area (Å²) in [5, 5.41) is 11.8. The fourth-order valence-electron chi connectivity index (χ4n) is 2.31. The van der Waals surface area contributed by atoms with Gasteiger partial charge in [0.2, 0.25) is 11.8 Å². The Hall–Kier alpha value is -2.72. The Kier molecular flexibility index (Phi) is 6.34. The van der Waals surface area contributed by atoms with Crippen molar-refractivity contribution in [2.75, 3.05) is 23.9 Å². The van der Waals surface area contributed by atoms with E-state index in [9.17, 15) is 19.7 Å². The molecule has 0 aliphatic carbocycles. The van der Waals surface area contributed by atoms with E-state index in [0.717, 1.165) is 16.7 Å². The number of nitro groups is 1. The van der Waals surface area contributed by atoms with E-state index in [1.54, 1.807) is 19.0 Å². The number of aromatic nitrogens is 2. The zero-order chi connectivity index (χ0) is 20.3. The first-order valence-electron chi connectivity index (χ1n) is 7.58. The van der Waals surface area contributed by atoms with Crippen LogP contribution < -0.4 is 9.80 Å². The summed E-state index contributed by atoms with van der Waals surface area (Å²) in [7, 11) is 3.40. The van der Waals surface area contributed by atoms with Crippen molar-refractivity contribution in [2.24, 2.45) is 0 Å². The lowest BCUT2D eigenvalue weighted by atomic mass is 10.3. The summed E-state index contributed by atoms with van der Waals surface area (Å²) in [6, 6.07) is 4.22. The molecule has 0 N–H and O–H groups in total. The molecule has 1 aromatic carbocycles. The largest absolute Gasteiger partial charge is 0.361 e. The number of hydrogen-bond donors (Lipinski definition) is 0. The van der Waals surface area contributed by atoms with Crippen LogP contribution in [0.5, 0.6) is 0 Å². The van der Waals surface area contributed by atoms with Crippen LogP contribution in [0.4, 0.5) is 17.2 Å². The molecule has 0 saturated carbocycles. The average molecular weight is 410 g/mol. The van der Waals surface area contributed by atoms with Crippen molar-refractivity contribution in [3.63, 3.8) is 0 Å². The molecule has 2 rings (SSSR count). The van der Waals surface area contributed by atoms with Crippen molar-refractivity contribution < 1.29 is 14.5 Å². The average Bonchev–Trinajstić information content (AvgIpc) is 2.56. The van der Waals surface area contributed by atoms with Crippen LogP contribution in [-0.4, -0.2) is 40.8 Å². The summed E-state index contributed by atoms with van der Waals surface area (Å²) < 4.78 is 0. The first-order valence-corrected chi connectivity index (χ1v) is 8.78. The molecule has 0 bridgehead atoms. The minimum Gasteiger partial charge on any atom is -0.361 e. The topological polar surface area (TPSA) is 110 Å². The zero-order valence-corrected chi connectivity index (χ0v) is 16.5. The van der Waals surface area contributed by atoms with Gasteiger partial charge >= 0.3 is 0 Å². The van der Waals surface area contributed by atoms with Gasteiger partial charge < -0.3 is 4.90 Å². The van der Waals surface area contributed by atoms with Gasteiger partial charge in [0, 0.05) is 39.0 Å². The molecule has 27 heavy (non-hydrogen) atoms. The molecular formula is C16H16ClN5O4S. The number of benzene rings is 1. The molecule has 1 heterocycles. The molecule has 1 aromatic heterocycles. The van der Waals surface area contributed by atoms with Gasteiger partial charge in [0.1, 0.15) is 17.0 Å². The minimum absolute atomic E-state index is 0.164. The van der Waals surface area contributed by atoms with Crippen LogP contribution in [0, 0.1) is 10.1 Å². The second kappa shape index (κ2) is 8.31. The Labute approximate surface area is 164 Å². The fraction of sp³-hybridized carbons (Fsp3) is 0.250. The van der Waals surface area contributed by atoms with Gasteiger partial charge in [-0.1, -0.05) is 23.4 Å². The number of nitro benzene ring substituents is 1. The Morgan fingerprint density at radius 1 is 1.19 bits per heavy atom. The molecule has 142 valence electrons. The Balaban J connectivity index is 2.68. The SMILES string of the molecule is CC(=O)N(C(C)=O)c1c(Sc2ccc(Cl)cc2[N+](=O)[O-])ncnc1N(C)C. The van der Waals surface area contributed by atoms with Crippen molar-refractivity contribution in [3.05, 3.63) is 39.7 Å². The maximum atomic E-state index is 12.1. The normalized spacial score (nSPS) is 10.4. The predicted octanol–water partition coefficient (Wildman–Crippen LogP) is 3.15. The van der Waals surface area contributed by atoms with E-state index in [4.69, 9.17) is 11.6 Å². The summed E-state index contributed by atoms with van der Waals surface area (Å²) in [5.74, 6) is -0.713. The smallest absolute Gasteiger partial charge is 0.284 e. The molecule has 0 radical (unpaired) electrons. The van der Waals surface area contributed by atoms with Crippen LogP contribution in [0.15, 0.2) is 34.4 Å². The van der Waals surface area contributed by atoms with Crippen LogP contribution in [0.3, 0.4) is 0 Å². The van der Waals surface area contributed by atoms with Crippen LogP contribution in [0.2, 0.25) is 5.02 Å². The first-order chi connectivity index (χ1) is 12.6. The maximum Gasteiger partial charge on any atom is 0.284 e. The van der Waals surface area contributed by atoms with E-state index in [-0.39, 0.29) is 26.3 Å². The third kappa shape index (κ3) is 4.52. The number of rotatable bonds is 5. The molecule has 0 aliphatic heterocycles. The fourth-order valence-corrected chi connectivity index (χ4v) is 3.44. The molecule has 0 spiro atoms. The van der Waals surface area contributed by atoms with Crippen molar-refractivity contribution in [3.8, 4) is 0 Å². The number of carbonyl (C=O) groups excluding carboxylic acids is 2. The second-order valence-electron chi connectivity index (χ2n) is 5.59. The molecular weight excluding hydrogens is 394 g/mol. The van der Waals surface area contributed by atoms with Crippen molar-refractivity contribution in [1.29, 1.82) is 0 Å². The zero-order valence-electron chi connectivity index (χ0n) is 15.0. The van der Waals surface area contributed by atoms with Crippen LogP contribution in [-0.2, 0) is 9.59 Å². The molecule has 0 aliphatic rings. The van der Waals surface area contributed by atoms with Gasteiger partial charge in [0.05, 0.1) is 9.82 Å². The van der Waals surface area contributed by atoms with Crippen molar-refractivity contribution in [1.82, 2.24) is 9.97 Å². The van der Waals surface area contributed by atoms with E-state index in [1.165, 1.54) is 38.4 Å². The lowest BCUT2D eigenvalue weighted by Crippen LogP contribution is -2.35. The number of imide groups is 1. The highest BCUT2D eigenvalue weighted by molar-refractivity contribution is 7.99. The Morgan fingerprint density at radius 2 is 1.81 bits per heavy atom. The van der Waals surface area contributed by atoms with Gasteiger partial charge in [-0.25, -0.2) is 14.9 Å². The number of halogens is 1. The molecule has 9 nitrogen and oxygen atoms in total. The molecule has 0 saturated heterocycles. The number of amides is 2. The van der Waals surface area contributed by atoms with Crippen molar-refractivity contribution in [2.45, 2.75) is 23.8 Å². The van der Waals surface area contributed by atoms with Crippen LogP contribution in [0.1, 0.15) is 13.8 Å². The number of nitrogens with zero attached hydrogens (tertiary/aromatic N) is 5. The van der Waals surface area contributed by atoms with Gasteiger partial charge in [-0.05, 0) is 12.1 Å². The predicted molar refractivity (Wildman–Crippen MR) is 102 cm³/mol. The quantitative estimate of drug-likeness (QED) is 0.420. The Morgan fingerprint density at radius 3 is 2.33 bits per heavy atom. The third-order valence-electron chi connectivity index (χ3n) is 3.37. The van der Waals surface area contributed by atoms with Gasteiger partial charge in [-0.3, -0.25) is 19.7 Å². The maximum absolute atomic E-state index is 12.1. The molecule has 0 fully saturated rings. The standard InChI is InChI=1S/C16H16ClN5O4S/c1-9(23)21(10(2)24)14-15(20(3)4)18-8-19-16(14)27-13-6-5-11(17)7-12(13)22(25)26/h5-8H,1-4H3. The van der Waals surface area contributed by atoms with Gasteiger partial charge in [-0.15, -0.1) is 0 Å². The second-order valence-corrected chi connectivity index (χ2v) is 7.06. The van der Waals surface area contributed by atoms with Gasteiger partial charge in [0.25, 0.3) is 5.69 Å². The summed E-state index contributed by atoms with van der Waals surface area (Å²) in [6.45, 7) is 2.49. The molecule has 11 heteroatoms.